The first kappa shape index (κ1) is 35.6. The summed E-state index contributed by atoms with van der Waals surface area (Å²) >= 11 is 1.93. The molecule has 2 N–H and O–H groups in total. The molecule has 2 heterocycles. The zero-order chi connectivity index (χ0) is 35.0. The Morgan fingerprint density at radius 2 is 1.65 bits per heavy atom. The summed E-state index contributed by atoms with van der Waals surface area (Å²) in [5.74, 6) is -1.35. The van der Waals surface area contributed by atoms with Crippen LogP contribution in [-0.2, 0) is 20.8 Å². The summed E-state index contributed by atoms with van der Waals surface area (Å²) in [5, 5.41) is 24.8. The zero-order valence-electron chi connectivity index (χ0n) is 26.6. The fourth-order valence-corrected chi connectivity index (χ4v) is 6.32. The minimum absolute atomic E-state index is 0.0550. The minimum Gasteiger partial charge on any atom is -0.497 e. The van der Waals surface area contributed by atoms with Gasteiger partial charge in [-0.3, -0.25) is 24.3 Å². The van der Waals surface area contributed by atoms with E-state index in [2.05, 4.69) is 20.8 Å². The molecule has 0 fully saturated rings. The first-order chi connectivity index (χ1) is 23.0. The number of hydrogen-bond donors (Lipinski definition) is 2. The van der Waals surface area contributed by atoms with Gasteiger partial charge in [0.05, 0.1) is 42.6 Å². The maximum atomic E-state index is 13.5. The Balaban J connectivity index is 1.60. The molecule has 4 rings (SSSR count). The van der Waals surface area contributed by atoms with E-state index in [0.717, 1.165) is 23.1 Å². The summed E-state index contributed by atoms with van der Waals surface area (Å²) in [4.78, 5) is 62.6. The number of aromatic nitrogens is 3. The summed E-state index contributed by atoms with van der Waals surface area (Å²) in [6.45, 7) is 6.63. The van der Waals surface area contributed by atoms with Gasteiger partial charge in [0, 0.05) is 23.4 Å². The van der Waals surface area contributed by atoms with Gasteiger partial charge in [0.15, 0.2) is 11.0 Å². The van der Waals surface area contributed by atoms with Gasteiger partial charge in [-0.2, -0.15) is 0 Å². The molecule has 17 heteroatoms. The highest BCUT2D eigenvalue weighted by atomic mass is 32.2. The predicted molar refractivity (Wildman–Crippen MR) is 177 cm³/mol. The Kier molecular flexibility index (Phi) is 11.9. The minimum atomic E-state index is -0.823. The molecule has 252 valence electrons. The molecule has 2 amide bonds. The number of nitro groups is 1. The number of benzene rings is 2. The topological polar surface area (TPSA) is 194 Å². The summed E-state index contributed by atoms with van der Waals surface area (Å²) in [6.07, 6.45) is 0. The van der Waals surface area contributed by atoms with Gasteiger partial charge in [0.1, 0.15) is 15.6 Å². The van der Waals surface area contributed by atoms with Crippen LogP contribution in [0.3, 0.4) is 0 Å². The molecule has 0 aliphatic carbocycles. The third-order valence-electron chi connectivity index (χ3n) is 6.75. The van der Waals surface area contributed by atoms with E-state index in [4.69, 9.17) is 14.2 Å². The number of hydrogen-bond acceptors (Lipinski definition) is 13. The first-order valence-electron chi connectivity index (χ1n) is 14.5. The van der Waals surface area contributed by atoms with Crippen LogP contribution in [0.15, 0.2) is 53.7 Å². The van der Waals surface area contributed by atoms with Gasteiger partial charge in [-0.25, -0.2) is 9.59 Å². The number of nitro benzene ring substituents is 1. The quantitative estimate of drug-likeness (QED) is 0.0780. The maximum Gasteiger partial charge on any atom is 0.348 e. The average molecular weight is 697 g/mol. The molecule has 2 aromatic carbocycles. The summed E-state index contributed by atoms with van der Waals surface area (Å²) in [5.41, 5.74) is 1.08. The molecule has 48 heavy (non-hydrogen) atoms. The number of thiophene rings is 1. The van der Waals surface area contributed by atoms with Crippen molar-refractivity contribution in [3.05, 3.63) is 86.0 Å². The molecule has 0 aliphatic rings. The number of carbonyl (C=O) groups is 4. The lowest BCUT2D eigenvalue weighted by Crippen LogP contribution is -2.25. The highest BCUT2D eigenvalue weighted by molar-refractivity contribution is 8.00. The number of carbonyl (C=O) groups excluding carboxylic acids is 4. The van der Waals surface area contributed by atoms with Gasteiger partial charge < -0.3 is 24.8 Å². The number of ether oxygens (including phenoxy) is 3. The van der Waals surface area contributed by atoms with Crippen LogP contribution in [0.5, 0.6) is 5.75 Å². The van der Waals surface area contributed by atoms with Crippen LogP contribution in [0.1, 0.15) is 62.5 Å². The van der Waals surface area contributed by atoms with Crippen LogP contribution in [0.4, 0.5) is 10.7 Å². The van der Waals surface area contributed by atoms with E-state index in [9.17, 15) is 29.3 Å². The van der Waals surface area contributed by atoms with Gasteiger partial charge in [0.2, 0.25) is 5.91 Å². The maximum absolute atomic E-state index is 13.5. The van der Waals surface area contributed by atoms with Crippen molar-refractivity contribution in [2.24, 2.45) is 0 Å². The van der Waals surface area contributed by atoms with E-state index in [1.54, 1.807) is 56.5 Å². The van der Waals surface area contributed by atoms with E-state index in [1.165, 1.54) is 31.4 Å². The molecule has 4 aromatic rings. The second-order valence-electron chi connectivity index (χ2n) is 9.87. The third kappa shape index (κ3) is 8.16. The SMILES string of the molecule is CCOC(=O)c1sc(NC(=O)[C@H](C)Sc2nnc(CNC(=O)c3ccc(OC)cc3)n2-c2ccc([N+](=O)[O-])cc2)c(C(=O)OCC)c1C. The Bertz CT molecular complexity index is 1820. The van der Waals surface area contributed by atoms with Crippen molar-refractivity contribution >= 4 is 57.5 Å². The Hall–Kier alpha value is -5.29. The van der Waals surface area contributed by atoms with Gasteiger partial charge in [0.25, 0.3) is 11.6 Å². The van der Waals surface area contributed by atoms with Crippen molar-refractivity contribution in [1.29, 1.82) is 0 Å². The number of thioether (sulfide) groups is 1. The second-order valence-corrected chi connectivity index (χ2v) is 12.2. The fraction of sp³-hybridized carbons (Fsp3) is 0.290. The summed E-state index contributed by atoms with van der Waals surface area (Å²) in [7, 11) is 1.52. The van der Waals surface area contributed by atoms with Crippen molar-refractivity contribution in [2.45, 2.75) is 44.6 Å². The van der Waals surface area contributed by atoms with Crippen LogP contribution < -0.4 is 15.4 Å². The lowest BCUT2D eigenvalue weighted by molar-refractivity contribution is -0.384. The molecule has 0 aliphatic heterocycles. The van der Waals surface area contributed by atoms with Gasteiger partial charge in [-0.15, -0.1) is 21.5 Å². The van der Waals surface area contributed by atoms with E-state index in [0.29, 0.717) is 28.4 Å². The van der Waals surface area contributed by atoms with Crippen molar-refractivity contribution < 1.29 is 38.3 Å². The number of amides is 2. The second kappa shape index (κ2) is 16.0. The van der Waals surface area contributed by atoms with Crippen LogP contribution in [0, 0.1) is 17.0 Å². The molecule has 0 saturated heterocycles. The molecular weight excluding hydrogens is 665 g/mol. The van der Waals surface area contributed by atoms with Gasteiger partial charge >= 0.3 is 11.9 Å². The van der Waals surface area contributed by atoms with Crippen LogP contribution in [0.2, 0.25) is 0 Å². The van der Waals surface area contributed by atoms with E-state index < -0.39 is 28.0 Å². The highest BCUT2D eigenvalue weighted by Crippen LogP contribution is 2.35. The normalized spacial score (nSPS) is 11.4. The molecule has 1 atom stereocenters. The highest BCUT2D eigenvalue weighted by Gasteiger charge is 2.29. The van der Waals surface area contributed by atoms with Gasteiger partial charge in [-0.05, 0) is 69.7 Å². The number of nitrogens with one attached hydrogen (secondary N) is 2. The smallest absolute Gasteiger partial charge is 0.348 e. The number of nitrogens with zero attached hydrogens (tertiary/aromatic N) is 4. The van der Waals surface area contributed by atoms with Crippen molar-refractivity contribution in [2.75, 3.05) is 25.6 Å². The predicted octanol–water partition coefficient (Wildman–Crippen LogP) is 4.96. The van der Waals surface area contributed by atoms with E-state index >= 15 is 0 Å². The van der Waals surface area contributed by atoms with E-state index in [1.807, 2.05) is 0 Å². The monoisotopic (exact) mass is 696 g/mol. The molecule has 0 radical (unpaired) electrons. The molecule has 2 aromatic heterocycles. The molecule has 0 bridgehead atoms. The largest absolute Gasteiger partial charge is 0.497 e. The molecular formula is C31H32N6O9S2. The van der Waals surface area contributed by atoms with Crippen LogP contribution in [0.25, 0.3) is 5.69 Å². The molecule has 0 unspecified atom stereocenters. The molecule has 15 nitrogen and oxygen atoms in total. The van der Waals surface area contributed by atoms with Crippen LogP contribution >= 0.6 is 23.1 Å². The number of anilines is 1. The lowest BCUT2D eigenvalue weighted by atomic mass is 10.1. The third-order valence-corrected chi connectivity index (χ3v) is 8.98. The summed E-state index contributed by atoms with van der Waals surface area (Å²) < 4.78 is 17.0. The Labute approximate surface area is 283 Å². The number of rotatable bonds is 14. The molecule has 0 spiro atoms. The fourth-order valence-electron chi connectivity index (χ4n) is 4.34. The average Bonchev–Trinajstić information content (AvgIpc) is 3.63. The number of methoxy groups -OCH3 is 1. The number of non-ortho nitro benzene ring substituents is 1. The van der Waals surface area contributed by atoms with Gasteiger partial charge in [-0.1, -0.05) is 11.8 Å². The van der Waals surface area contributed by atoms with Crippen LogP contribution in [-0.4, -0.2) is 69.0 Å². The lowest BCUT2D eigenvalue weighted by Gasteiger charge is -2.14. The van der Waals surface area contributed by atoms with Crippen molar-refractivity contribution in [1.82, 2.24) is 20.1 Å². The summed E-state index contributed by atoms with van der Waals surface area (Å²) in [6, 6.07) is 12.2. The molecule has 0 saturated carbocycles. The van der Waals surface area contributed by atoms with Crippen molar-refractivity contribution in [3.63, 3.8) is 0 Å². The first-order valence-corrected chi connectivity index (χ1v) is 16.2. The Morgan fingerprint density at radius 1 is 1.00 bits per heavy atom. The standard InChI is InChI=1S/C31H32N6O9S2/c1-6-45-29(40)24-17(3)25(30(41)46-7-2)48-28(24)33-26(38)18(4)47-31-35-34-23(36(31)20-10-12-21(13-11-20)37(42)43)16-32-27(39)19-8-14-22(44-5)15-9-19/h8-15,18H,6-7,16H2,1-5H3,(H,32,39)(H,33,38)/t18-/m0/s1. The van der Waals surface area contributed by atoms with E-state index in [-0.39, 0.29) is 52.0 Å². The number of esters is 2. The zero-order valence-corrected chi connectivity index (χ0v) is 28.2. The van der Waals surface area contributed by atoms with Crippen molar-refractivity contribution in [3.8, 4) is 11.4 Å². The Morgan fingerprint density at radius 3 is 2.25 bits per heavy atom.